The van der Waals surface area contributed by atoms with Crippen LogP contribution < -0.4 is 0 Å². The Morgan fingerprint density at radius 3 is 2.50 bits per heavy atom. The Labute approximate surface area is 109 Å². The molecule has 1 heterocycles. The lowest BCUT2D eigenvalue weighted by Crippen LogP contribution is -2.42. The summed E-state index contributed by atoms with van der Waals surface area (Å²) in [5.41, 5.74) is -0.458. The average Bonchev–Trinajstić information content (AvgIpc) is 2.26. The standard InChI is InChI=1S/C11H6ClF3O2S/c12-10(11(13,14)15)7(9(16)17)5-6-3-1-2-4-8(6)18-10/h1-5H,(H,16,17). The largest absolute Gasteiger partial charge is 0.478 e. The molecule has 2 nitrogen and oxygen atoms in total. The summed E-state index contributed by atoms with van der Waals surface area (Å²) in [5.74, 6) is -1.68. The molecule has 2 rings (SSSR count). The van der Waals surface area contributed by atoms with Crippen LogP contribution in [0.4, 0.5) is 13.2 Å². The van der Waals surface area contributed by atoms with Gasteiger partial charge >= 0.3 is 12.1 Å². The Balaban J connectivity index is 2.63. The molecule has 96 valence electrons. The van der Waals surface area contributed by atoms with Crippen LogP contribution in [-0.2, 0) is 4.79 Å². The van der Waals surface area contributed by atoms with Crippen LogP contribution in [0.5, 0.6) is 0 Å². The predicted molar refractivity (Wildman–Crippen MR) is 62.6 cm³/mol. The lowest BCUT2D eigenvalue weighted by molar-refractivity contribution is -0.145. The van der Waals surface area contributed by atoms with E-state index >= 15 is 0 Å². The van der Waals surface area contributed by atoms with Crippen molar-refractivity contribution in [2.24, 2.45) is 0 Å². The molecule has 0 saturated carbocycles. The maximum atomic E-state index is 13.0. The third kappa shape index (κ3) is 1.99. The summed E-state index contributed by atoms with van der Waals surface area (Å²) in [6, 6.07) is 6.19. The SMILES string of the molecule is O=C(O)C1=Cc2ccccc2SC1(Cl)C(F)(F)F. The van der Waals surface area contributed by atoms with Gasteiger partial charge in [0.05, 0.1) is 5.57 Å². The third-order valence-corrected chi connectivity index (χ3v) is 4.38. The van der Waals surface area contributed by atoms with Crippen LogP contribution in [0.2, 0.25) is 0 Å². The van der Waals surface area contributed by atoms with Crippen molar-refractivity contribution < 1.29 is 23.1 Å². The second kappa shape index (κ2) is 4.20. The number of hydrogen-bond donors (Lipinski definition) is 1. The Morgan fingerprint density at radius 2 is 1.94 bits per heavy atom. The molecule has 0 fully saturated rings. The molecular formula is C11H6ClF3O2S. The minimum atomic E-state index is -4.86. The van der Waals surface area contributed by atoms with E-state index in [1.54, 1.807) is 12.1 Å². The molecule has 1 atom stereocenters. The monoisotopic (exact) mass is 294 g/mol. The molecule has 1 N–H and O–H groups in total. The molecule has 7 heteroatoms. The van der Waals surface area contributed by atoms with E-state index in [4.69, 9.17) is 16.7 Å². The van der Waals surface area contributed by atoms with Crippen molar-refractivity contribution >= 4 is 35.4 Å². The second-order valence-electron chi connectivity index (χ2n) is 3.60. The van der Waals surface area contributed by atoms with E-state index in [1.165, 1.54) is 12.1 Å². The van der Waals surface area contributed by atoms with Crippen LogP contribution in [-0.4, -0.2) is 21.5 Å². The Hall–Kier alpha value is -1.14. The first kappa shape index (κ1) is 13.3. The Morgan fingerprint density at radius 1 is 1.33 bits per heavy atom. The molecule has 1 unspecified atom stereocenters. The van der Waals surface area contributed by atoms with E-state index < -0.39 is 21.9 Å². The molecular weight excluding hydrogens is 289 g/mol. The van der Waals surface area contributed by atoms with Crippen molar-refractivity contribution in [1.29, 1.82) is 0 Å². The molecule has 0 aliphatic carbocycles. The van der Waals surface area contributed by atoms with Gasteiger partial charge in [-0.2, -0.15) is 13.2 Å². The van der Waals surface area contributed by atoms with Crippen molar-refractivity contribution in [2.45, 2.75) is 15.3 Å². The van der Waals surface area contributed by atoms with Gasteiger partial charge in [0.15, 0.2) is 0 Å². The van der Waals surface area contributed by atoms with Gasteiger partial charge in [-0.15, -0.1) is 0 Å². The quantitative estimate of drug-likeness (QED) is 0.801. The van der Waals surface area contributed by atoms with Crippen molar-refractivity contribution in [3.05, 3.63) is 35.4 Å². The summed E-state index contributed by atoms with van der Waals surface area (Å²) in [7, 11) is 0. The zero-order chi connectivity index (χ0) is 13.6. The van der Waals surface area contributed by atoms with Crippen LogP contribution >= 0.6 is 23.4 Å². The maximum absolute atomic E-state index is 13.0. The van der Waals surface area contributed by atoms with Gasteiger partial charge in [-0.25, -0.2) is 4.79 Å². The van der Waals surface area contributed by atoms with Gasteiger partial charge in [0.25, 0.3) is 0 Å². The van der Waals surface area contributed by atoms with Gasteiger partial charge in [0, 0.05) is 4.90 Å². The van der Waals surface area contributed by atoms with Crippen LogP contribution in [0.15, 0.2) is 34.7 Å². The van der Waals surface area contributed by atoms with Crippen LogP contribution in [0, 0.1) is 0 Å². The number of aliphatic carboxylic acids is 1. The second-order valence-corrected chi connectivity index (χ2v) is 5.64. The maximum Gasteiger partial charge on any atom is 0.421 e. The zero-order valence-corrected chi connectivity index (χ0v) is 10.2. The Kier molecular flexibility index (Phi) is 3.11. The van der Waals surface area contributed by atoms with Crippen LogP contribution in [0.1, 0.15) is 5.56 Å². The highest BCUT2D eigenvalue weighted by molar-refractivity contribution is 8.02. The number of fused-ring (bicyclic) bond motifs is 1. The normalized spacial score (nSPS) is 23.2. The fraction of sp³-hybridized carbons (Fsp3) is 0.182. The minimum Gasteiger partial charge on any atom is -0.478 e. The van der Waals surface area contributed by atoms with Gasteiger partial charge in [-0.05, 0) is 17.7 Å². The average molecular weight is 295 g/mol. The summed E-state index contributed by atoms with van der Waals surface area (Å²) in [5, 5.41) is 8.90. The van der Waals surface area contributed by atoms with Crippen LogP contribution in [0.3, 0.4) is 0 Å². The highest BCUT2D eigenvalue weighted by Gasteiger charge is 2.60. The summed E-state index contributed by atoms with van der Waals surface area (Å²) in [6.07, 6.45) is -3.90. The predicted octanol–water partition coefficient (Wildman–Crippen LogP) is 3.76. The first-order chi connectivity index (χ1) is 8.25. The number of alkyl halides is 4. The molecule has 18 heavy (non-hydrogen) atoms. The molecule has 1 aliphatic rings. The number of benzene rings is 1. The van der Waals surface area contributed by atoms with E-state index in [-0.39, 0.29) is 0 Å². The van der Waals surface area contributed by atoms with E-state index in [2.05, 4.69) is 0 Å². The smallest absolute Gasteiger partial charge is 0.421 e. The van der Waals surface area contributed by atoms with Crippen LogP contribution in [0.25, 0.3) is 6.08 Å². The molecule has 1 aliphatic heterocycles. The van der Waals surface area contributed by atoms with Crippen molar-refractivity contribution in [1.82, 2.24) is 0 Å². The molecule has 0 bridgehead atoms. The summed E-state index contributed by atoms with van der Waals surface area (Å²) in [6.45, 7) is 0. The van der Waals surface area contributed by atoms with Gasteiger partial charge < -0.3 is 5.11 Å². The van der Waals surface area contributed by atoms with Crippen molar-refractivity contribution in [3.63, 3.8) is 0 Å². The lowest BCUT2D eigenvalue weighted by Gasteiger charge is -2.32. The van der Waals surface area contributed by atoms with Crippen molar-refractivity contribution in [3.8, 4) is 0 Å². The number of hydrogen-bond acceptors (Lipinski definition) is 2. The number of halogens is 4. The number of carbonyl (C=O) groups is 1. The van der Waals surface area contributed by atoms with E-state index in [0.717, 1.165) is 6.08 Å². The number of carboxylic acid groups (broad SMARTS) is 1. The highest BCUT2D eigenvalue weighted by Crippen LogP contribution is 2.56. The number of carboxylic acids is 1. The topological polar surface area (TPSA) is 37.3 Å². The third-order valence-electron chi connectivity index (χ3n) is 2.41. The summed E-state index contributed by atoms with van der Waals surface area (Å²) < 4.78 is 36.0. The molecule has 0 amide bonds. The molecule has 1 aromatic rings. The zero-order valence-electron chi connectivity index (χ0n) is 8.66. The van der Waals surface area contributed by atoms with Gasteiger partial charge in [0.2, 0.25) is 4.21 Å². The number of thioether (sulfide) groups is 1. The lowest BCUT2D eigenvalue weighted by atomic mass is 10.1. The first-order valence-electron chi connectivity index (χ1n) is 4.75. The molecule has 0 saturated heterocycles. The van der Waals surface area contributed by atoms with Gasteiger partial charge in [-0.1, -0.05) is 41.6 Å². The molecule has 0 radical (unpaired) electrons. The fourth-order valence-electron chi connectivity index (χ4n) is 1.56. The van der Waals surface area contributed by atoms with E-state index in [1.807, 2.05) is 0 Å². The Bertz CT molecular complexity index is 541. The minimum absolute atomic E-state index is 0.294. The fourth-order valence-corrected chi connectivity index (χ4v) is 3.01. The van der Waals surface area contributed by atoms with Gasteiger partial charge in [-0.3, -0.25) is 0 Å². The van der Waals surface area contributed by atoms with Crippen molar-refractivity contribution in [2.75, 3.05) is 0 Å². The first-order valence-corrected chi connectivity index (χ1v) is 5.94. The summed E-state index contributed by atoms with van der Waals surface area (Å²) in [4.78, 5) is 11.3. The highest BCUT2D eigenvalue weighted by atomic mass is 35.5. The van der Waals surface area contributed by atoms with E-state index in [0.29, 0.717) is 22.2 Å². The van der Waals surface area contributed by atoms with E-state index in [9.17, 15) is 18.0 Å². The van der Waals surface area contributed by atoms with Gasteiger partial charge in [0.1, 0.15) is 0 Å². The summed E-state index contributed by atoms with van der Waals surface area (Å²) >= 11 is 5.82. The molecule has 0 spiro atoms. The molecule has 0 aromatic heterocycles. The molecule has 1 aromatic carbocycles. The number of rotatable bonds is 1.